The number of nitrogens with zero attached hydrogens (tertiary/aromatic N) is 2. The number of halogens is 1. The molecular weight excluding hydrogens is 280 g/mol. The number of hydrogen-bond donors (Lipinski definition) is 0. The second-order valence-electron chi connectivity index (χ2n) is 3.68. The molecule has 0 amide bonds. The van der Waals surface area contributed by atoms with Crippen molar-refractivity contribution in [2.75, 3.05) is 0 Å². The molecular formula is C13H11BrN2O. The standard InChI is InChI=1S/C13H11BrN2O/c14-13-11(9-15)16-12(17-13)8-4-7-10-5-2-1-3-6-10/h1-3,5-6H,4,7-8H2. The maximum absolute atomic E-state index is 8.73. The van der Waals surface area contributed by atoms with Gasteiger partial charge in [0.05, 0.1) is 0 Å². The van der Waals surface area contributed by atoms with Crippen LogP contribution in [-0.4, -0.2) is 4.98 Å². The predicted molar refractivity (Wildman–Crippen MR) is 67.4 cm³/mol. The molecule has 1 heterocycles. The molecule has 0 aliphatic heterocycles. The average molecular weight is 291 g/mol. The third-order valence-electron chi connectivity index (χ3n) is 2.43. The number of aryl methyl sites for hydroxylation is 2. The van der Waals surface area contributed by atoms with Gasteiger partial charge < -0.3 is 4.42 Å². The van der Waals surface area contributed by atoms with E-state index in [0.29, 0.717) is 16.3 Å². The van der Waals surface area contributed by atoms with Crippen LogP contribution in [0.5, 0.6) is 0 Å². The average Bonchev–Trinajstić information content (AvgIpc) is 2.71. The molecule has 86 valence electrons. The first kappa shape index (κ1) is 11.9. The minimum absolute atomic E-state index is 0.319. The van der Waals surface area contributed by atoms with Crippen molar-refractivity contribution in [1.29, 1.82) is 5.26 Å². The maximum Gasteiger partial charge on any atom is 0.207 e. The van der Waals surface area contributed by atoms with Crippen molar-refractivity contribution in [3.63, 3.8) is 0 Å². The highest BCUT2D eigenvalue weighted by Crippen LogP contribution is 2.18. The van der Waals surface area contributed by atoms with Gasteiger partial charge in [0.2, 0.25) is 4.67 Å². The lowest BCUT2D eigenvalue weighted by molar-refractivity contribution is 0.468. The molecule has 0 spiro atoms. The van der Waals surface area contributed by atoms with Crippen LogP contribution in [0.25, 0.3) is 0 Å². The van der Waals surface area contributed by atoms with Crippen LogP contribution in [0.15, 0.2) is 39.4 Å². The van der Waals surface area contributed by atoms with Gasteiger partial charge in [-0.15, -0.1) is 0 Å². The smallest absolute Gasteiger partial charge is 0.207 e. The zero-order valence-corrected chi connectivity index (χ0v) is 10.8. The van der Waals surface area contributed by atoms with Crippen LogP contribution >= 0.6 is 15.9 Å². The van der Waals surface area contributed by atoms with Gasteiger partial charge >= 0.3 is 0 Å². The summed E-state index contributed by atoms with van der Waals surface area (Å²) in [6.07, 6.45) is 2.69. The summed E-state index contributed by atoms with van der Waals surface area (Å²) >= 11 is 3.16. The zero-order valence-electron chi connectivity index (χ0n) is 9.19. The third kappa shape index (κ3) is 3.18. The number of nitriles is 1. The topological polar surface area (TPSA) is 49.8 Å². The van der Waals surface area contributed by atoms with E-state index < -0.39 is 0 Å². The lowest BCUT2D eigenvalue weighted by atomic mass is 10.1. The van der Waals surface area contributed by atoms with E-state index in [1.54, 1.807) is 0 Å². The minimum atomic E-state index is 0.319. The molecule has 3 nitrogen and oxygen atoms in total. The largest absolute Gasteiger partial charge is 0.432 e. The Bertz CT molecular complexity index is 528. The molecule has 0 fully saturated rings. The summed E-state index contributed by atoms with van der Waals surface area (Å²) in [5.41, 5.74) is 1.62. The summed E-state index contributed by atoms with van der Waals surface area (Å²) in [4.78, 5) is 4.08. The van der Waals surface area contributed by atoms with Crippen LogP contribution in [0.2, 0.25) is 0 Å². The molecule has 0 unspecified atom stereocenters. The van der Waals surface area contributed by atoms with Crippen molar-refractivity contribution >= 4 is 15.9 Å². The quantitative estimate of drug-likeness (QED) is 0.866. The summed E-state index contributed by atoms with van der Waals surface area (Å²) in [5.74, 6) is 0.615. The SMILES string of the molecule is N#Cc1nc(CCCc2ccccc2)oc1Br. The van der Waals surface area contributed by atoms with E-state index >= 15 is 0 Å². The molecule has 0 radical (unpaired) electrons. The zero-order chi connectivity index (χ0) is 12.1. The molecule has 0 aliphatic rings. The Kier molecular flexibility index (Phi) is 3.94. The maximum atomic E-state index is 8.73. The van der Waals surface area contributed by atoms with Gasteiger partial charge in [-0.1, -0.05) is 30.3 Å². The normalized spacial score (nSPS) is 10.1. The fraction of sp³-hybridized carbons (Fsp3) is 0.231. The van der Waals surface area contributed by atoms with Crippen molar-refractivity contribution in [1.82, 2.24) is 4.98 Å². The Balaban J connectivity index is 1.88. The second-order valence-corrected chi connectivity index (χ2v) is 4.40. The number of rotatable bonds is 4. The van der Waals surface area contributed by atoms with Crippen LogP contribution < -0.4 is 0 Å². The fourth-order valence-corrected chi connectivity index (χ4v) is 1.97. The first-order valence-electron chi connectivity index (χ1n) is 5.39. The van der Waals surface area contributed by atoms with Crippen molar-refractivity contribution in [3.05, 3.63) is 52.1 Å². The lowest BCUT2D eigenvalue weighted by Crippen LogP contribution is -1.90. The van der Waals surface area contributed by atoms with Crippen molar-refractivity contribution in [3.8, 4) is 6.07 Å². The van der Waals surface area contributed by atoms with E-state index in [1.165, 1.54) is 5.56 Å². The second kappa shape index (κ2) is 5.65. The predicted octanol–water partition coefficient (Wildman–Crippen LogP) is 3.48. The van der Waals surface area contributed by atoms with E-state index in [2.05, 4.69) is 33.0 Å². The summed E-state index contributed by atoms with van der Waals surface area (Å²) in [7, 11) is 0. The molecule has 1 aromatic carbocycles. The number of benzene rings is 1. The summed E-state index contributed by atoms with van der Waals surface area (Å²) in [6.45, 7) is 0. The van der Waals surface area contributed by atoms with Gasteiger partial charge in [-0.25, -0.2) is 4.98 Å². The van der Waals surface area contributed by atoms with Gasteiger partial charge in [0.25, 0.3) is 0 Å². The van der Waals surface area contributed by atoms with Crippen molar-refractivity contribution in [2.24, 2.45) is 0 Å². The van der Waals surface area contributed by atoms with Gasteiger partial charge in [-0.2, -0.15) is 5.26 Å². The Morgan fingerprint density at radius 3 is 2.65 bits per heavy atom. The molecule has 0 atom stereocenters. The number of aromatic nitrogens is 1. The Morgan fingerprint density at radius 2 is 2.00 bits per heavy atom. The van der Waals surface area contributed by atoms with Gasteiger partial charge in [-0.3, -0.25) is 0 Å². The minimum Gasteiger partial charge on any atom is -0.432 e. The highest BCUT2D eigenvalue weighted by molar-refractivity contribution is 9.10. The molecule has 17 heavy (non-hydrogen) atoms. The fourth-order valence-electron chi connectivity index (χ4n) is 1.61. The van der Waals surface area contributed by atoms with Gasteiger partial charge in [0.1, 0.15) is 6.07 Å². The summed E-state index contributed by atoms with van der Waals surface area (Å²) in [6, 6.07) is 12.3. The number of oxazole rings is 1. The first-order chi connectivity index (χ1) is 8.29. The molecule has 2 rings (SSSR count). The van der Waals surface area contributed by atoms with E-state index in [4.69, 9.17) is 9.68 Å². The van der Waals surface area contributed by atoms with Crippen molar-refractivity contribution in [2.45, 2.75) is 19.3 Å². The van der Waals surface area contributed by atoms with Crippen LogP contribution in [0.1, 0.15) is 23.6 Å². The van der Waals surface area contributed by atoms with E-state index in [9.17, 15) is 0 Å². The molecule has 2 aromatic rings. The Hall–Kier alpha value is -1.60. The molecule has 0 saturated heterocycles. The first-order valence-corrected chi connectivity index (χ1v) is 6.18. The van der Waals surface area contributed by atoms with E-state index in [0.717, 1.165) is 19.3 Å². The molecule has 0 N–H and O–H groups in total. The van der Waals surface area contributed by atoms with E-state index in [1.807, 2.05) is 24.3 Å². The molecule has 4 heteroatoms. The third-order valence-corrected chi connectivity index (χ3v) is 2.97. The number of hydrogen-bond acceptors (Lipinski definition) is 3. The van der Waals surface area contributed by atoms with Crippen molar-refractivity contribution < 1.29 is 4.42 Å². The van der Waals surface area contributed by atoms with E-state index in [-0.39, 0.29) is 0 Å². The van der Waals surface area contributed by atoms with Crippen LogP contribution in [0.4, 0.5) is 0 Å². The Labute approximate surface area is 108 Å². The summed E-state index contributed by atoms with van der Waals surface area (Å²) < 4.78 is 5.75. The molecule has 0 saturated carbocycles. The van der Waals surface area contributed by atoms with Gasteiger partial charge in [0, 0.05) is 6.42 Å². The Morgan fingerprint density at radius 1 is 1.24 bits per heavy atom. The molecule has 0 aliphatic carbocycles. The van der Waals surface area contributed by atoms with Crippen LogP contribution in [-0.2, 0) is 12.8 Å². The summed E-state index contributed by atoms with van der Waals surface area (Å²) in [5, 5.41) is 8.73. The lowest BCUT2D eigenvalue weighted by Gasteiger charge is -1.98. The van der Waals surface area contributed by atoms with Gasteiger partial charge in [-0.05, 0) is 34.3 Å². The highest BCUT2D eigenvalue weighted by atomic mass is 79.9. The van der Waals surface area contributed by atoms with Crippen LogP contribution in [0.3, 0.4) is 0 Å². The monoisotopic (exact) mass is 290 g/mol. The molecule has 1 aromatic heterocycles. The highest BCUT2D eigenvalue weighted by Gasteiger charge is 2.09. The van der Waals surface area contributed by atoms with Crippen LogP contribution in [0, 0.1) is 11.3 Å². The van der Waals surface area contributed by atoms with Gasteiger partial charge in [0.15, 0.2) is 11.6 Å². The molecule has 0 bridgehead atoms.